The summed E-state index contributed by atoms with van der Waals surface area (Å²) in [7, 11) is 1.75. The highest BCUT2D eigenvalue weighted by Crippen LogP contribution is 2.35. The van der Waals surface area contributed by atoms with Crippen molar-refractivity contribution in [1.82, 2.24) is 34.6 Å². The number of aromatic nitrogens is 6. The number of fused-ring (bicyclic) bond motifs is 2. The number of rotatable bonds is 5. The SMILES string of the molecule is Cn1nc(-c2nc3c([nH]2)CN=CC=C3c2cccc(F)c2)c2c(F)c(-c3cncc(CN4CCCC4)c3)ncc21. The summed E-state index contributed by atoms with van der Waals surface area (Å²) in [6, 6.07) is 8.31. The molecule has 2 aliphatic rings. The number of hydrogen-bond acceptors (Lipinski definition) is 6. The summed E-state index contributed by atoms with van der Waals surface area (Å²) in [4.78, 5) is 23.8. The summed E-state index contributed by atoms with van der Waals surface area (Å²) in [5.74, 6) is -0.410. The number of pyridine rings is 2. The van der Waals surface area contributed by atoms with E-state index in [9.17, 15) is 4.39 Å². The van der Waals surface area contributed by atoms with Crippen LogP contribution in [-0.4, -0.2) is 53.9 Å². The fraction of sp³-hybridized carbons (Fsp3) is 0.233. The lowest BCUT2D eigenvalue weighted by Crippen LogP contribution is -2.18. The maximum absolute atomic E-state index is 16.3. The quantitative estimate of drug-likeness (QED) is 0.329. The van der Waals surface area contributed by atoms with E-state index >= 15 is 4.39 Å². The van der Waals surface area contributed by atoms with Gasteiger partial charge in [-0.2, -0.15) is 5.10 Å². The van der Waals surface area contributed by atoms with Crippen molar-refractivity contribution in [2.75, 3.05) is 13.1 Å². The molecule has 1 fully saturated rings. The van der Waals surface area contributed by atoms with Gasteiger partial charge in [0.05, 0.1) is 35.0 Å². The van der Waals surface area contributed by atoms with Crippen LogP contribution in [0.5, 0.6) is 0 Å². The molecule has 1 saturated heterocycles. The zero-order valence-corrected chi connectivity index (χ0v) is 21.9. The molecule has 0 unspecified atom stereocenters. The van der Waals surface area contributed by atoms with Crippen molar-refractivity contribution >= 4 is 22.7 Å². The van der Waals surface area contributed by atoms with E-state index in [0.717, 1.165) is 36.5 Å². The van der Waals surface area contributed by atoms with Gasteiger partial charge >= 0.3 is 0 Å². The molecule has 1 aromatic carbocycles. The largest absolute Gasteiger partial charge is 0.338 e. The number of aromatic amines is 1. The van der Waals surface area contributed by atoms with Crippen molar-refractivity contribution in [2.45, 2.75) is 25.9 Å². The number of aryl methyl sites for hydroxylation is 1. The Hall–Kier alpha value is -4.57. The van der Waals surface area contributed by atoms with Crippen LogP contribution in [0.2, 0.25) is 0 Å². The molecule has 4 aromatic heterocycles. The van der Waals surface area contributed by atoms with Crippen LogP contribution in [0.4, 0.5) is 8.78 Å². The van der Waals surface area contributed by atoms with Crippen LogP contribution in [0.1, 0.15) is 35.4 Å². The molecule has 2 aliphatic heterocycles. The van der Waals surface area contributed by atoms with E-state index in [1.165, 1.54) is 25.0 Å². The number of benzene rings is 1. The summed E-state index contributed by atoms with van der Waals surface area (Å²) in [5, 5.41) is 4.94. The molecule has 40 heavy (non-hydrogen) atoms. The number of halogens is 2. The first-order valence-corrected chi connectivity index (χ1v) is 13.3. The third-order valence-electron chi connectivity index (χ3n) is 7.50. The lowest BCUT2D eigenvalue weighted by molar-refractivity contribution is 0.331. The Morgan fingerprint density at radius 1 is 0.975 bits per heavy atom. The Labute approximate surface area is 229 Å². The van der Waals surface area contributed by atoms with Crippen LogP contribution in [0.3, 0.4) is 0 Å². The van der Waals surface area contributed by atoms with Gasteiger partial charge in [0.25, 0.3) is 0 Å². The van der Waals surface area contributed by atoms with Gasteiger partial charge in [0.2, 0.25) is 0 Å². The van der Waals surface area contributed by atoms with E-state index in [0.29, 0.717) is 45.8 Å². The van der Waals surface area contributed by atoms with Crippen LogP contribution >= 0.6 is 0 Å². The fourth-order valence-corrected chi connectivity index (χ4v) is 5.57. The smallest absolute Gasteiger partial charge is 0.161 e. The van der Waals surface area contributed by atoms with Crippen LogP contribution in [0, 0.1) is 11.6 Å². The topological polar surface area (TPSA) is 87.9 Å². The number of aliphatic imine (C=N–C) groups is 1. The molecular weight excluding hydrogens is 510 g/mol. The monoisotopic (exact) mass is 536 g/mol. The van der Waals surface area contributed by atoms with E-state index in [-0.39, 0.29) is 11.5 Å². The molecule has 8 nitrogen and oxygen atoms in total. The van der Waals surface area contributed by atoms with Gasteiger partial charge in [-0.25, -0.2) is 13.8 Å². The Balaban J connectivity index is 1.32. The Morgan fingerprint density at radius 2 is 1.85 bits per heavy atom. The molecule has 5 aromatic rings. The molecule has 10 heteroatoms. The summed E-state index contributed by atoms with van der Waals surface area (Å²) in [5.41, 5.74) is 5.55. The molecule has 0 bridgehead atoms. The molecular formula is C30H26F2N8. The molecule has 0 spiro atoms. The van der Waals surface area contributed by atoms with Crippen molar-refractivity contribution in [2.24, 2.45) is 12.0 Å². The summed E-state index contributed by atoms with van der Waals surface area (Å²) >= 11 is 0. The van der Waals surface area contributed by atoms with E-state index in [1.54, 1.807) is 36.4 Å². The van der Waals surface area contributed by atoms with Crippen molar-refractivity contribution in [1.29, 1.82) is 0 Å². The average Bonchev–Trinajstić information content (AvgIpc) is 3.66. The maximum Gasteiger partial charge on any atom is 0.161 e. The highest BCUT2D eigenvalue weighted by molar-refractivity contribution is 5.96. The summed E-state index contributed by atoms with van der Waals surface area (Å²) in [6.07, 6.45) is 11.0. The molecule has 6 heterocycles. The van der Waals surface area contributed by atoms with Crippen molar-refractivity contribution in [3.8, 4) is 22.8 Å². The van der Waals surface area contributed by atoms with Gasteiger partial charge in [-0.1, -0.05) is 12.1 Å². The van der Waals surface area contributed by atoms with E-state index in [4.69, 9.17) is 4.98 Å². The van der Waals surface area contributed by atoms with Gasteiger partial charge in [0.1, 0.15) is 17.2 Å². The second-order valence-electron chi connectivity index (χ2n) is 10.2. The zero-order chi connectivity index (χ0) is 27.2. The van der Waals surface area contributed by atoms with Crippen molar-refractivity contribution in [3.05, 3.63) is 89.1 Å². The Morgan fingerprint density at radius 3 is 2.70 bits per heavy atom. The van der Waals surface area contributed by atoms with Gasteiger partial charge in [-0.05, 0) is 61.3 Å². The summed E-state index contributed by atoms with van der Waals surface area (Å²) < 4.78 is 32.0. The van der Waals surface area contributed by atoms with Gasteiger partial charge in [0.15, 0.2) is 11.6 Å². The molecule has 0 aliphatic carbocycles. The first-order chi connectivity index (χ1) is 19.5. The first-order valence-electron chi connectivity index (χ1n) is 13.3. The van der Waals surface area contributed by atoms with Crippen molar-refractivity contribution in [3.63, 3.8) is 0 Å². The predicted molar refractivity (Wildman–Crippen MR) is 149 cm³/mol. The number of hydrogen-bond donors (Lipinski definition) is 1. The standard InChI is InChI=1S/C30H26F2N8/c1-39-24-16-35-27(20-11-18(13-34-14-20)17-40-9-2-3-10-40)26(32)25(24)29(38-39)30-36-23-15-33-8-7-22(28(23)37-30)19-5-4-6-21(31)12-19/h4-8,11-14,16H,2-3,9-10,15,17H2,1H3,(H,36,37). The molecule has 0 atom stereocenters. The number of H-pyrrole nitrogens is 1. The molecule has 1 N–H and O–H groups in total. The minimum atomic E-state index is -0.480. The lowest BCUT2D eigenvalue weighted by Gasteiger charge is -2.14. The highest BCUT2D eigenvalue weighted by Gasteiger charge is 2.25. The van der Waals surface area contributed by atoms with Gasteiger partial charge in [-0.15, -0.1) is 0 Å². The van der Waals surface area contributed by atoms with E-state index < -0.39 is 5.82 Å². The second kappa shape index (κ2) is 9.87. The highest BCUT2D eigenvalue weighted by atomic mass is 19.1. The van der Waals surface area contributed by atoms with Crippen LogP contribution in [0.15, 0.2) is 60.0 Å². The van der Waals surface area contributed by atoms with Crippen LogP contribution < -0.4 is 0 Å². The summed E-state index contributed by atoms with van der Waals surface area (Å²) in [6.45, 7) is 3.27. The fourth-order valence-electron chi connectivity index (χ4n) is 5.57. The first kappa shape index (κ1) is 24.5. The molecule has 0 amide bonds. The van der Waals surface area contributed by atoms with E-state index in [1.807, 2.05) is 24.4 Å². The normalized spacial score (nSPS) is 15.4. The molecule has 7 rings (SSSR count). The Kier molecular flexibility index (Phi) is 6.04. The van der Waals surface area contributed by atoms with E-state index in [2.05, 4.69) is 29.9 Å². The number of imidazole rings is 1. The van der Waals surface area contributed by atoms with Gasteiger partial charge in [0, 0.05) is 43.3 Å². The number of allylic oxidation sites excluding steroid dienone is 1. The molecule has 200 valence electrons. The zero-order valence-electron chi connectivity index (χ0n) is 21.9. The number of likely N-dealkylation sites (tertiary alicyclic amines) is 1. The average molecular weight is 537 g/mol. The minimum Gasteiger partial charge on any atom is -0.338 e. The molecule has 0 radical (unpaired) electrons. The van der Waals surface area contributed by atoms with Gasteiger partial charge < -0.3 is 4.98 Å². The minimum absolute atomic E-state index is 0.218. The van der Waals surface area contributed by atoms with Crippen molar-refractivity contribution < 1.29 is 8.78 Å². The third kappa shape index (κ3) is 4.30. The number of nitrogens with zero attached hydrogens (tertiary/aromatic N) is 7. The lowest BCUT2D eigenvalue weighted by atomic mass is 10.0. The number of nitrogens with one attached hydrogen (secondary N) is 1. The van der Waals surface area contributed by atoms with Crippen LogP contribution in [-0.2, 0) is 20.1 Å². The van der Waals surface area contributed by atoms with Crippen LogP contribution in [0.25, 0.3) is 39.3 Å². The molecule has 0 saturated carbocycles. The maximum atomic E-state index is 16.3. The predicted octanol–water partition coefficient (Wildman–Crippen LogP) is 5.31. The third-order valence-corrected chi connectivity index (χ3v) is 7.50. The van der Waals surface area contributed by atoms with Gasteiger partial charge in [-0.3, -0.25) is 24.5 Å². The second-order valence-corrected chi connectivity index (χ2v) is 10.2. The Bertz CT molecular complexity index is 1810.